The van der Waals surface area contributed by atoms with Gasteiger partial charge in [0.2, 0.25) is 11.9 Å². The van der Waals surface area contributed by atoms with Crippen LogP contribution in [0.2, 0.25) is 0 Å². The molecule has 0 spiro atoms. The third kappa shape index (κ3) is 7.64. The molecule has 39 heavy (non-hydrogen) atoms. The molecule has 5 atom stereocenters. The summed E-state index contributed by atoms with van der Waals surface area (Å²) in [5.74, 6) is -5.35. The molecule has 1 N–H and O–H groups in total. The Morgan fingerprint density at radius 1 is 0.795 bits per heavy atom. The Labute approximate surface area is 227 Å². The molecule has 1 saturated heterocycles. The van der Waals surface area contributed by atoms with Crippen molar-refractivity contribution in [1.29, 1.82) is 0 Å². The summed E-state index contributed by atoms with van der Waals surface area (Å²) >= 11 is 0. The minimum absolute atomic E-state index is 0.197. The molecule has 0 radical (unpaired) electrons. The first-order valence-electron chi connectivity index (χ1n) is 12.6. The van der Waals surface area contributed by atoms with E-state index in [1.165, 1.54) is 12.5 Å². The average molecular weight is 543 g/mol. The van der Waals surface area contributed by atoms with Crippen molar-refractivity contribution in [2.45, 2.75) is 77.7 Å². The van der Waals surface area contributed by atoms with Gasteiger partial charge in [-0.1, -0.05) is 49.4 Å². The highest BCUT2D eigenvalue weighted by atomic mass is 16.7. The first-order valence-corrected chi connectivity index (χ1v) is 12.6. The van der Waals surface area contributed by atoms with Gasteiger partial charge in [-0.25, -0.2) is 0 Å². The number of hydrogen-bond acceptors (Lipinski definition) is 10. The van der Waals surface area contributed by atoms with Crippen LogP contribution >= 0.6 is 0 Å². The van der Waals surface area contributed by atoms with Gasteiger partial charge in [0, 0.05) is 33.3 Å². The van der Waals surface area contributed by atoms with Gasteiger partial charge in [-0.2, -0.15) is 0 Å². The minimum atomic E-state index is -2.37. The summed E-state index contributed by atoms with van der Waals surface area (Å²) in [6, 6.07) is 15.0. The maximum atomic E-state index is 12.1. The van der Waals surface area contributed by atoms with Gasteiger partial charge in [0.1, 0.15) is 12.7 Å². The number of rotatable bonds is 9. The molecule has 0 amide bonds. The van der Waals surface area contributed by atoms with E-state index in [4.69, 9.17) is 23.7 Å². The summed E-state index contributed by atoms with van der Waals surface area (Å²) in [6.07, 6.45) is -4.30. The minimum Gasteiger partial charge on any atom is -0.463 e. The highest BCUT2D eigenvalue weighted by Gasteiger charge is 2.60. The van der Waals surface area contributed by atoms with Crippen LogP contribution in [0.1, 0.15) is 56.9 Å². The second-order valence-corrected chi connectivity index (χ2v) is 9.38. The van der Waals surface area contributed by atoms with Crippen molar-refractivity contribution in [2.24, 2.45) is 0 Å². The fourth-order valence-corrected chi connectivity index (χ4v) is 4.55. The molecule has 210 valence electrons. The monoisotopic (exact) mass is 542 g/mol. The summed E-state index contributed by atoms with van der Waals surface area (Å²) in [7, 11) is 0. The maximum Gasteiger partial charge on any atom is 0.303 e. The van der Waals surface area contributed by atoms with Crippen LogP contribution in [0.25, 0.3) is 0 Å². The zero-order valence-corrected chi connectivity index (χ0v) is 22.7. The Morgan fingerprint density at radius 2 is 1.38 bits per heavy atom. The number of aryl methyl sites for hydroxylation is 1. The lowest BCUT2D eigenvalue weighted by Crippen LogP contribution is -2.66. The van der Waals surface area contributed by atoms with Gasteiger partial charge in [-0.15, -0.1) is 0 Å². The molecule has 0 saturated carbocycles. The Morgan fingerprint density at radius 3 is 1.95 bits per heavy atom. The van der Waals surface area contributed by atoms with Crippen molar-refractivity contribution in [3.63, 3.8) is 0 Å². The second-order valence-electron chi connectivity index (χ2n) is 9.38. The smallest absolute Gasteiger partial charge is 0.303 e. The molecular formula is C29H34O10. The quantitative estimate of drug-likeness (QED) is 0.372. The van der Waals surface area contributed by atoms with E-state index in [1.54, 1.807) is 18.2 Å². The predicted molar refractivity (Wildman–Crippen MR) is 137 cm³/mol. The first kappa shape index (κ1) is 29.8. The van der Waals surface area contributed by atoms with Crippen molar-refractivity contribution < 1.29 is 48.0 Å². The Balaban J connectivity index is 2.08. The van der Waals surface area contributed by atoms with Crippen molar-refractivity contribution in [2.75, 3.05) is 6.61 Å². The molecule has 0 aliphatic carbocycles. The summed E-state index contributed by atoms with van der Waals surface area (Å²) in [5, 5.41) is 12.0. The van der Waals surface area contributed by atoms with Crippen LogP contribution in [-0.4, -0.2) is 60.0 Å². The molecule has 1 aliphatic heterocycles. The number of benzene rings is 2. The van der Waals surface area contributed by atoms with Crippen molar-refractivity contribution in [1.82, 2.24) is 0 Å². The van der Waals surface area contributed by atoms with Crippen molar-refractivity contribution in [3.8, 4) is 0 Å². The van der Waals surface area contributed by atoms with Gasteiger partial charge in [0.25, 0.3) is 0 Å². The Bertz CT molecular complexity index is 1190. The molecule has 1 aliphatic rings. The fraction of sp³-hybridized carbons (Fsp3) is 0.448. The topological polar surface area (TPSA) is 135 Å². The Kier molecular flexibility index (Phi) is 9.82. The van der Waals surface area contributed by atoms with Gasteiger partial charge in [-0.05, 0) is 35.6 Å². The summed E-state index contributed by atoms with van der Waals surface area (Å²) in [4.78, 5) is 47.7. The number of ether oxygens (including phenoxy) is 5. The average Bonchev–Trinajstić information content (AvgIpc) is 2.86. The maximum absolute atomic E-state index is 12.1. The van der Waals surface area contributed by atoms with E-state index in [9.17, 15) is 24.3 Å². The lowest BCUT2D eigenvalue weighted by atomic mass is 9.86. The number of esters is 4. The normalized spacial score (nSPS) is 24.4. The van der Waals surface area contributed by atoms with E-state index in [0.717, 1.165) is 38.3 Å². The van der Waals surface area contributed by atoms with Gasteiger partial charge >= 0.3 is 23.9 Å². The highest BCUT2D eigenvalue weighted by Crippen LogP contribution is 2.41. The summed E-state index contributed by atoms with van der Waals surface area (Å²) in [6.45, 7) is 6.18. The molecule has 0 bridgehead atoms. The van der Waals surface area contributed by atoms with E-state index < -0.39 is 60.7 Å². The third-order valence-electron chi connectivity index (χ3n) is 6.23. The van der Waals surface area contributed by atoms with Gasteiger partial charge in [-0.3, -0.25) is 19.2 Å². The third-order valence-corrected chi connectivity index (χ3v) is 6.23. The Hall–Kier alpha value is -3.76. The zero-order valence-electron chi connectivity index (χ0n) is 22.7. The molecule has 1 fully saturated rings. The van der Waals surface area contributed by atoms with Gasteiger partial charge in [0.05, 0.1) is 0 Å². The molecule has 0 unspecified atom stereocenters. The van der Waals surface area contributed by atoms with Crippen LogP contribution < -0.4 is 0 Å². The lowest BCUT2D eigenvalue weighted by molar-refractivity contribution is -0.360. The van der Waals surface area contributed by atoms with E-state index in [1.807, 2.05) is 30.3 Å². The molecule has 2 aromatic carbocycles. The zero-order chi connectivity index (χ0) is 28.7. The molecule has 3 rings (SSSR count). The number of carbonyl (C=O) groups excluding carboxylic acids is 4. The molecular weight excluding hydrogens is 508 g/mol. The molecule has 10 heteroatoms. The molecule has 10 nitrogen and oxygen atoms in total. The standard InChI is InChI=1S/C29H34O10/c1-6-21-10-12-22(13-11-21)14-23-8-7-9-24(15-23)29(34)28(38-20(5)33)27(37-19(4)32)26(36-18(3)31)25(39-29)16-35-17(2)30/h7-13,15,25-28,34H,6,14,16H2,1-5H3/t25-,26-,27+,28-,29-/m1/s1. The highest BCUT2D eigenvalue weighted by molar-refractivity contribution is 5.69. The van der Waals surface area contributed by atoms with Crippen LogP contribution in [0.3, 0.4) is 0 Å². The summed E-state index contributed by atoms with van der Waals surface area (Å²) < 4.78 is 27.4. The number of carbonyl (C=O) groups is 4. The second kappa shape index (κ2) is 12.9. The van der Waals surface area contributed by atoms with Crippen LogP contribution in [0.4, 0.5) is 0 Å². The van der Waals surface area contributed by atoms with Crippen molar-refractivity contribution >= 4 is 23.9 Å². The fourth-order valence-electron chi connectivity index (χ4n) is 4.55. The molecule has 1 heterocycles. The van der Waals surface area contributed by atoms with E-state index in [0.29, 0.717) is 6.42 Å². The van der Waals surface area contributed by atoms with Crippen molar-refractivity contribution in [3.05, 3.63) is 70.8 Å². The van der Waals surface area contributed by atoms with Crippen LogP contribution in [0, 0.1) is 0 Å². The summed E-state index contributed by atoms with van der Waals surface area (Å²) in [5.41, 5.74) is 3.26. The lowest BCUT2D eigenvalue weighted by Gasteiger charge is -2.48. The molecule has 2 aromatic rings. The van der Waals surface area contributed by atoms with Gasteiger partial charge < -0.3 is 28.8 Å². The number of aliphatic hydroxyl groups is 1. The molecule has 0 aromatic heterocycles. The number of hydrogen-bond donors (Lipinski definition) is 1. The SMILES string of the molecule is CCc1ccc(Cc2cccc([C@@]3(O)O[C@H](COC(C)=O)[C@@H](OC(C)=O)[C@H](OC(C)=O)[C@H]3OC(C)=O)c2)cc1. The van der Waals surface area contributed by atoms with Crippen LogP contribution in [-0.2, 0) is 61.5 Å². The van der Waals surface area contributed by atoms with E-state index in [2.05, 4.69) is 6.92 Å². The van der Waals surface area contributed by atoms with E-state index >= 15 is 0 Å². The predicted octanol–water partition coefficient (Wildman–Crippen LogP) is 2.74. The van der Waals surface area contributed by atoms with Crippen LogP contribution in [0.5, 0.6) is 0 Å². The largest absolute Gasteiger partial charge is 0.463 e. The van der Waals surface area contributed by atoms with Crippen LogP contribution in [0.15, 0.2) is 48.5 Å². The van der Waals surface area contributed by atoms with E-state index in [-0.39, 0.29) is 5.56 Å². The first-order chi connectivity index (χ1) is 18.4. The van der Waals surface area contributed by atoms with Gasteiger partial charge in [0.15, 0.2) is 12.2 Å².